The van der Waals surface area contributed by atoms with Gasteiger partial charge in [-0.15, -0.1) is 22.7 Å². The Balaban J connectivity index is 1.26. The number of hydrogen-bond acceptors (Lipinski definition) is 2. The van der Waals surface area contributed by atoms with Crippen molar-refractivity contribution >= 4 is 96.7 Å². The maximum absolute atomic E-state index is 14.8. The van der Waals surface area contributed by atoms with E-state index in [1.807, 2.05) is 24.3 Å². The summed E-state index contributed by atoms with van der Waals surface area (Å²) in [6, 6.07) is 13.9. The molecule has 48 heavy (non-hydrogen) atoms. The maximum atomic E-state index is 14.8. The molecule has 0 bridgehead atoms. The quantitative estimate of drug-likeness (QED) is 0.0731. The van der Waals surface area contributed by atoms with Crippen molar-refractivity contribution in [3.63, 3.8) is 0 Å². The van der Waals surface area contributed by atoms with Crippen LogP contribution in [0.25, 0.3) is 94.9 Å². The number of halogens is 10. The topological polar surface area (TPSA) is 0 Å². The van der Waals surface area contributed by atoms with E-state index in [-0.39, 0.29) is 9.75 Å². The van der Waals surface area contributed by atoms with Crippen LogP contribution in [0.15, 0.2) is 48.5 Å². The van der Waals surface area contributed by atoms with E-state index in [4.69, 9.17) is 0 Å². The molecular formula is C36H8F10S2. The highest BCUT2D eigenvalue weighted by molar-refractivity contribution is 7.24. The Morgan fingerprint density at radius 1 is 0.312 bits per heavy atom. The molecule has 0 N–H and O–H groups in total. The zero-order valence-electron chi connectivity index (χ0n) is 23.2. The molecule has 234 valence electrons. The minimum absolute atomic E-state index is 0.118. The van der Waals surface area contributed by atoms with Crippen LogP contribution in [0.5, 0.6) is 0 Å². The van der Waals surface area contributed by atoms with E-state index in [1.54, 1.807) is 12.1 Å². The molecule has 0 spiro atoms. The van der Waals surface area contributed by atoms with Crippen molar-refractivity contribution in [2.75, 3.05) is 0 Å². The maximum Gasteiger partial charge on any atom is 0.200 e. The van der Waals surface area contributed by atoms with Gasteiger partial charge in [-0.05, 0) is 67.4 Å². The van der Waals surface area contributed by atoms with Crippen molar-refractivity contribution in [1.29, 1.82) is 0 Å². The Morgan fingerprint density at radius 2 is 0.646 bits per heavy atom. The largest absolute Gasteiger partial charge is 0.203 e. The molecule has 10 aromatic rings. The van der Waals surface area contributed by atoms with E-state index in [1.165, 1.54) is 12.1 Å². The molecule has 2 heterocycles. The fraction of sp³-hybridized carbons (Fsp3) is 0. The third-order valence-electron chi connectivity index (χ3n) is 9.31. The first kappa shape index (κ1) is 28.1. The Bertz CT molecular complexity index is 2800. The molecule has 0 radical (unpaired) electrons. The summed E-state index contributed by atoms with van der Waals surface area (Å²) in [4.78, 5) is -0.235. The van der Waals surface area contributed by atoms with Crippen LogP contribution in [0.2, 0.25) is 0 Å². The second kappa shape index (κ2) is 8.94. The summed E-state index contributed by atoms with van der Waals surface area (Å²) in [6.07, 6.45) is 0. The first-order valence-corrected chi connectivity index (χ1v) is 15.7. The highest BCUT2D eigenvalue weighted by atomic mass is 32.1. The monoisotopic (exact) mass is 694 g/mol. The second-order valence-corrected chi connectivity index (χ2v) is 13.7. The molecule has 0 aliphatic heterocycles. The summed E-state index contributed by atoms with van der Waals surface area (Å²) in [7, 11) is 0. The van der Waals surface area contributed by atoms with E-state index in [0.29, 0.717) is 30.9 Å². The number of benzene rings is 6. The van der Waals surface area contributed by atoms with Crippen LogP contribution in [0.4, 0.5) is 43.9 Å². The molecule has 0 unspecified atom stereocenters. The third-order valence-corrected chi connectivity index (χ3v) is 11.7. The van der Waals surface area contributed by atoms with Crippen LogP contribution in [0, 0.1) is 58.2 Å². The molecule has 0 saturated heterocycles. The van der Waals surface area contributed by atoms with Crippen molar-refractivity contribution in [2.24, 2.45) is 0 Å². The molecule has 0 amide bonds. The average molecular weight is 695 g/mol. The zero-order valence-corrected chi connectivity index (χ0v) is 24.8. The lowest BCUT2D eigenvalue weighted by Crippen LogP contribution is -2.03. The summed E-state index contributed by atoms with van der Waals surface area (Å²) >= 11 is 1.83. The fourth-order valence-corrected chi connectivity index (χ4v) is 9.77. The highest BCUT2D eigenvalue weighted by Crippen LogP contribution is 2.54. The van der Waals surface area contributed by atoms with Gasteiger partial charge in [0.25, 0.3) is 0 Å². The normalized spacial score (nSPS) is 12.8. The van der Waals surface area contributed by atoms with Crippen LogP contribution in [0.1, 0.15) is 0 Å². The summed E-state index contributed by atoms with van der Waals surface area (Å²) in [6.45, 7) is 0. The van der Waals surface area contributed by atoms with Gasteiger partial charge in [-0.25, -0.2) is 43.9 Å². The van der Waals surface area contributed by atoms with Crippen molar-refractivity contribution in [3.05, 3.63) is 107 Å². The van der Waals surface area contributed by atoms with Crippen molar-refractivity contribution in [2.45, 2.75) is 0 Å². The molecule has 10 rings (SSSR count). The second-order valence-electron chi connectivity index (χ2n) is 11.6. The molecule has 0 saturated carbocycles. The summed E-state index contributed by atoms with van der Waals surface area (Å²) < 4.78 is 144. The van der Waals surface area contributed by atoms with Gasteiger partial charge < -0.3 is 0 Å². The smallest absolute Gasteiger partial charge is 0.200 e. The summed E-state index contributed by atoms with van der Waals surface area (Å²) in [5.74, 6) is -20.2. The molecule has 8 aromatic carbocycles. The van der Waals surface area contributed by atoms with Crippen LogP contribution >= 0.6 is 22.7 Å². The molecule has 2 aromatic heterocycles. The first-order chi connectivity index (χ1) is 23.0. The van der Waals surface area contributed by atoms with Gasteiger partial charge in [-0.1, -0.05) is 24.3 Å². The minimum Gasteiger partial charge on any atom is -0.203 e. The lowest BCUT2D eigenvalue weighted by atomic mass is 9.91. The third kappa shape index (κ3) is 3.13. The molecule has 0 atom stereocenters. The van der Waals surface area contributed by atoms with E-state index in [2.05, 4.69) is 0 Å². The molecule has 0 nitrogen and oxygen atoms in total. The molecular weight excluding hydrogens is 687 g/mol. The van der Waals surface area contributed by atoms with Crippen LogP contribution in [0.3, 0.4) is 0 Å². The van der Waals surface area contributed by atoms with Gasteiger partial charge in [0, 0.05) is 40.7 Å². The van der Waals surface area contributed by atoms with Crippen molar-refractivity contribution in [3.8, 4) is 20.9 Å². The Kier molecular flexibility index (Phi) is 5.23. The van der Waals surface area contributed by atoms with Crippen LogP contribution in [-0.2, 0) is 0 Å². The minimum atomic E-state index is -2.23. The fourth-order valence-electron chi connectivity index (χ4n) is 7.31. The van der Waals surface area contributed by atoms with Gasteiger partial charge in [0.2, 0.25) is 11.6 Å². The van der Waals surface area contributed by atoms with E-state index >= 15 is 0 Å². The van der Waals surface area contributed by atoms with E-state index < -0.39 is 69.3 Å². The molecule has 0 aliphatic carbocycles. The predicted molar refractivity (Wildman–Crippen MR) is 169 cm³/mol. The number of fused-ring (bicyclic) bond motifs is 6. The van der Waals surface area contributed by atoms with E-state index in [0.717, 1.165) is 65.8 Å². The van der Waals surface area contributed by atoms with Crippen molar-refractivity contribution < 1.29 is 43.9 Å². The van der Waals surface area contributed by atoms with Gasteiger partial charge in [0.1, 0.15) is 0 Å². The van der Waals surface area contributed by atoms with Crippen LogP contribution < -0.4 is 0 Å². The van der Waals surface area contributed by atoms with E-state index in [9.17, 15) is 43.9 Å². The standard InChI is InChI=1S/C36H8F10S2/c37-25-23(26(38)30(42)33(45)29(25)41)17-7-13-11-3-1-9-5-15-22-12(4-2-10-6-16(35(13)47-17)21(11)19(9)20(10)22)14-8-18(48-36(14)15)24-27(39)31(43)34(46)32(44)28(24)40/h1-8H. The lowest BCUT2D eigenvalue weighted by molar-refractivity contribution is 0.381. The number of rotatable bonds is 2. The Labute approximate surface area is 267 Å². The molecule has 0 aliphatic rings. The van der Waals surface area contributed by atoms with Crippen molar-refractivity contribution in [1.82, 2.24) is 0 Å². The SMILES string of the molecule is Fc1c(F)c(F)c(-c2cc3c4ccc5cc6c7sc(-c8c(F)c(F)c(F)c(F)c8F)cc7c7ccc8cc(c3s2)c4c5c8c76)c(F)c1F. The van der Waals surface area contributed by atoms with Gasteiger partial charge in [-0.3, -0.25) is 0 Å². The van der Waals surface area contributed by atoms with Gasteiger partial charge in [0.05, 0.1) is 11.1 Å². The predicted octanol–water partition coefficient (Wildman–Crippen LogP) is 12.9. The molecule has 12 heteroatoms. The van der Waals surface area contributed by atoms with Gasteiger partial charge >= 0.3 is 0 Å². The number of thiophene rings is 2. The zero-order chi connectivity index (χ0) is 33.2. The van der Waals surface area contributed by atoms with Crippen LogP contribution in [-0.4, -0.2) is 0 Å². The number of hydrogen-bond donors (Lipinski definition) is 0. The average Bonchev–Trinajstić information content (AvgIpc) is 3.84. The Morgan fingerprint density at radius 3 is 1.00 bits per heavy atom. The Hall–Kier alpha value is -4.94. The highest BCUT2D eigenvalue weighted by Gasteiger charge is 2.31. The summed E-state index contributed by atoms with van der Waals surface area (Å²) in [5.41, 5.74) is -1.99. The lowest BCUT2D eigenvalue weighted by Gasteiger charge is -2.13. The van der Waals surface area contributed by atoms with Gasteiger partial charge in [-0.2, -0.15) is 0 Å². The van der Waals surface area contributed by atoms with Gasteiger partial charge in [0.15, 0.2) is 46.5 Å². The molecule has 0 fully saturated rings. The first-order valence-electron chi connectivity index (χ1n) is 14.1. The summed E-state index contributed by atoms with van der Waals surface area (Å²) in [5, 5.41) is 9.02.